The Labute approximate surface area is 189 Å². The molecule has 166 valence electrons. The van der Waals surface area contributed by atoms with Crippen molar-refractivity contribution in [2.45, 2.75) is 18.2 Å². The number of nitrogens with two attached hydrogens (primary N) is 1. The molecule has 0 saturated carbocycles. The molecule has 5 aromatic rings. The number of sulfonamides is 1. The number of aromatic nitrogens is 4. The van der Waals surface area contributed by atoms with E-state index in [1.54, 1.807) is 22.9 Å². The van der Waals surface area contributed by atoms with Gasteiger partial charge in [0, 0.05) is 11.8 Å². The van der Waals surface area contributed by atoms with E-state index >= 15 is 0 Å². The third-order valence-electron chi connectivity index (χ3n) is 5.47. The maximum Gasteiger partial charge on any atom is 0.238 e. The maximum absolute atomic E-state index is 14.4. The van der Waals surface area contributed by atoms with Crippen molar-refractivity contribution in [1.29, 1.82) is 0 Å². The van der Waals surface area contributed by atoms with Gasteiger partial charge in [-0.25, -0.2) is 27.6 Å². The van der Waals surface area contributed by atoms with Gasteiger partial charge in [0.25, 0.3) is 0 Å². The molecule has 33 heavy (non-hydrogen) atoms. The molecule has 0 bridgehead atoms. The number of rotatable bonds is 5. The highest BCUT2D eigenvalue weighted by molar-refractivity contribution is 7.89. The molecule has 5 rings (SSSR count). The Hall–Kier alpha value is -3.82. The van der Waals surface area contributed by atoms with E-state index in [-0.39, 0.29) is 10.7 Å². The quantitative estimate of drug-likeness (QED) is 0.411. The van der Waals surface area contributed by atoms with Crippen LogP contribution >= 0.6 is 0 Å². The fourth-order valence-electron chi connectivity index (χ4n) is 3.79. The topological polar surface area (TPSA) is 107 Å². The van der Waals surface area contributed by atoms with Crippen LogP contribution in [0, 0.1) is 12.7 Å². The summed E-state index contributed by atoms with van der Waals surface area (Å²) in [5.74, 6) is 0.705. The molecule has 0 spiro atoms. The van der Waals surface area contributed by atoms with Crippen LogP contribution in [0.3, 0.4) is 0 Å². The lowest BCUT2D eigenvalue weighted by Gasteiger charge is -2.06. The van der Waals surface area contributed by atoms with Gasteiger partial charge >= 0.3 is 0 Å². The molecule has 0 aliphatic heterocycles. The number of H-pyrrole nitrogens is 1. The first kappa shape index (κ1) is 21.0. The summed E-state index contributed by atoms with van der Waals surface area (Å²) in [6.45, 7) is 1.91. The van der Waals surface area contributed by atoms with Gasteiger partial charge in [-0.15, -0.1) is 0 Å². The smallest absolute Gasteiger partial charge is 0.238 e. The van der Waals surface area contributed by atoms with Crippen LogP contribution in [0.4, 0.5) is 4.39 Å². The van der Waals surface area contributed by atoms with Gasteiger partial charge in [0.05, 0.1) is 21.8 Å². The monoisotopic (exact) mass is 461 g/mol. The Morgan fingerprint density at radius 1 is 1.03 bits per heavy atom. The Morgan fingerprint density at radius 2 is 1.76 bits per heavy atom. The van der Waals surface area contributed by atoms with E-state index in [0.717, 1.165) is 16.5 Å². The first-order valence-electron chi connectivity index (χ1n) is 10.2. The Balaban J connectivity index is 1.66. The third kappa shape index (κ3) is 4.04. The second kappa shape index (κ2) is 7.95. The van der Waals surface area contributed by atoms with E-state index in [4.69, 9.17) is 10.1 Å². The second-order valence-corrected chi connectivity index (χ2v) is 9.36. The number of hydrogen-bond acceptors (Lipinski definition) is 4. The lowest BCUT2D eigenvalue weighted by Crippen LogP contribution is -2.12. The zero-order chi connectivity index (χ0) is 23.2. The SMILES string of the molecule is Cc1ccc(F)c2[nH]c(-c3nc(Cc4ccccc4)nn3-c3ccc(S(N)(=O)=O)cc3)cc12. The number of fused-ring (bicyclic) bond motifs is 1. The molecule has 0 atom stereocenters. The van der Waals surface area contributed by atoms with Crippen molar-refractivity contribution < 1.29 is 12.8 Å². The van der Waals surface area contributed by atoms with Crippen LogP contribution in [-0.4, -0.2) is 28.2 Å². The minimum Gasteiger partial charge on any atom is -0.350 e. The molecule has 0 aliphatic rings. The summed E-state index contributed by atoms with van der Waals surface area (Å²) < 4.78 is 39.3. The Bertz CT molecular complexity index is 1530. The summed E-state index contributed by atoms with van der Waals surface area (Å²) in [5.41, 5.74) is 3.57. The Morgan fingerprint density at radius 3 is 2.42 bits per heavy atom. The number of hydrogen-bond donors (Lipinski definition) is 2. The molecule has 0 saturated heterocycles. The number of aryl methyl sites for hydroxylation is 1. The molecule has 9 heteroatoms. The van der Waals surface area contributed by atoms with E-state index in [2.05, 4.69) is 10.1 Å². The second-order valence-electron chi connectivity index (χ2n) is 7.80. The van der Waals surface area contributed by atoms with Crippen molar-refractivity contribution in [2.75, 3.05) is 0 Å². The molecule has 7 nitrogen and oxygen atoms in total. The van der Waals surface area contributed by atoms with Crippen molar-refractivity contribution in [3.63, 3.8) is 0 Å². The van der Waals surface area contributed by atoms with Crippen LogP contribution in [-0.2, 0) is 16.4 Å². The predicted molar refractivity (Wildman–Crippen MR) is 124 cm³/mol. The van der Waals surface area contributed by atoms with Gasteiger partial charge in [-0.2, -0.15) is 5.10 Å². The number of halogens is 1. The van der Waals surface area contributed by atoms with E-state index in [0.29, 0.717) is 35.0 Å². The lowest BCUT2D eigenvalue weighted by atomic mass is 10.1. The molecular formula is C24H20FN5O2S. The lowest BCUT2D eigenvalue weighted by molar-refractivity contribution is 0.597. The van der Waals surface area contributed by atoms with Gasteiger partial charge in [-0.1, -0.05) is 36.4 Å². The molecule has 0 fully saturated rings. The summed E-state index contributed by atoms with van der Waals surface area (Å²) >= 11 is 0. The standard InChI is InChI=1S/C24H20FN5O2S/c1-15-7-12-20(25)23-19(15)14-21(27-23)24-28-22(13-16-5-3-2-4-6-16)29-30(24)17-8-10-18(11-9-17)33(26,31)32/h2-12,14,27H,13H2,1H3,(H2,26,31,32). The summed E-state index contributed by atoms with van der Waals surface area (Å²) in [6, 6.07) is 20.9. The van der Waals surface area contributed by atoms with E-state index in [9.17, 15) is 12.8 Å². The van der Waals surface area contributed by atoms with Crippen molar-refractivity contribution >= 4 is 20.9 Å². The molecule has 3 N–H and O–H groups in total. The number of benzene rings is 3. The Kier molecular flexibility index (Phi) is 5.07. The molecule has 3 aromatic carbocycles. The molecule has 0 radical (unpaired) electrons. The van der Waals surface area contributed by atoms with Crippen molar-refractivity contribution in [3.05, 3.63) is 95.6 Å². The highest BCUT2D eigenvalue weighted by Crippen LogP contribution is 2.29. The van der Waals surface area contributed by atoms with Gasteiger partial charge in [0.15, 0.2) is 11.6 Å². The summed E-state index contributed by atoms with van der Waals surface area (Å²) in [5, 5.41) is 10.7. The van der Waals surface area contributed by atoms with Crippen molar-refractivity contribution in [2.24, 2.45) is 5.14 Å². The molecule has 2 aromatic heterocycles. The van der Waals surface area contributed by atoms with Gasteiger partial charge in [0.1, 0.15) is 5.82 Å². The molecular weight excluding hydrogens is 441 g/mol. The minimum atomic E-state index is -3.82. The fourth-order valence-corrected chi connectivity index (χ4v) is 4.30. The number of primary sulfonamides is 1. The van der Waals surface area contributed by atoms with E-state index in [1.165, 1.54) is 18.2 Å². The molecule has 0 amide bonds. The van der Waals surface area contributed by atoms with Crippen LogP contribution in [0.2, 0.25) is 0 Å². The zero-order valence-electron chi connectivity index (χ0n) is 17.7. The largest absolute Gasteiger partial charge is 0.350 e. The van der Waals surface area contributed by atoms with Crippen molar-refractivity contribution in [3.8, 4) is 17.2 Å². The van der Waals surface area contributed by atoms with Crippen LogP contribution in [0.25, 0.3) is 28.1 Å². The van der Waals surface area contributed by atoms with Crippen LogP contribution < -0.4 is 5.14 Å². The highest BCUT2D eigenvalue weighted by Gasteiger charge is 2.18. The molecule has 0 aliphatic carbocycles. The summed E-state index contributed by atoms with van der Waals surface area (Å²) in [4.78, 5) is 7.86. The molecule has 0 unspecified atom stereocenters. The highest BCUT2D eigenvalue weighted by atomic mass is 32.2. The van der Waals surface area contributed by atoms with Gasteiger partial charge in [-0.05, 0) is 54.4 Å². The normalized spacial score (nSPS) is 11.8. The van der Waals surface area contributed by atoms with Gasteiger partial charge in [-0.3, -0.25) is 0 Å². The minimum absolute atomic E-state index is 0.000678. The molecule has 2 heterocycles. The predicted octanol–water partition coefficient (Wildman–Crippen LogP) is 4.10. The van der Waals surface area contributed by atoms with Gasteiger partial charge in [0.2, 0.25) is 10.0 Å². The average molecular weight is 462 g/mol. The van der Waals surface area contributed by atoms with Crippen LogP contribution in [0.15, 0.2) is 77.7 Å². The zero-order valence-corrected chi connectivity index (χ0v) is 18.5. The first-order chi connectivity index (χ1) is 15.8. The fraction of sp³-hybridized carbons (Fsp3) is 0.0833. The van der Waals surface area contributed by atoms with Gasteiger partial charge < -0.3 is 4.98 Å². The summed E-state index contributed by atoms with van der Waals surface area (Å²) in [7, 11) is -3.82. The first-order valence-corrected chi connectivity index (χ1v) is 11.8. The van der Waals surface area contributed by atoms with Crippen LogP contribution in [0.1, 0.15) is 17.0 Å². The summed E-state index contributed by atoms with van der Waals surface area (Å²) in [6.07, 6.45) is 0.504. The number of nitrogens with one attached hydrogen (secondary N) is 1. The number of aromatic amines is 1. The van der Waals surface area contributed by atoms with E-state index in [1.807, 2.05) is 43.3 Å². The van der Waals surface area contributed by atoms with Crippen molar-refractivity contribution in [1.82, 2.24) is 19.7 Å². The average Bonchev–Trinajstić information content (AvgIpc) is 3.42. The van der Waals surface area contributed by atoms with Crippen LogP contribution in [0.5, 0.6) is 0 Å². The number of nitrogens with zero attached hydrogens (tertiary/aromatic N) is 3. The third-order valence-corrected chi connectivity index (χ3v) is 6.40. The maximum atomic E-state index is 14.4. The van der Waals surface area contributed by atoms with E-state index < -0.39 is 10.0 Å².